The van der Waals surface area contributed by atoms with E-state index in [9.17, 15) is 14.0 Å². The molecule has 0 unspecified atom stereocenters. The molecule has 1 saturated heterocycles. The Morgan fingerprint density at radius 3 is 2.28 bits per heavy atom. The van der Waals surface area contributed by atoms with E-state index in [1.165, 1.54) is 24.3 Å². The Balaban J connectivity index is 1.79. The zero-order valence-corrected chi connectivity index (χ0v) is 13.8. The maximum absolute atomic E-state index is 13.0. The van der Waals surface area contributed by atoms with E-state index in [1.807, 2.05) is 0 Å². The molecule has 0 saturated carbocycles. The molecule has 1 aliphatic heterocycles. The highest BCUT2D eigenvalue weighted by molar-refractivity contribution is 6.00. The second-order valence-electron chi connectivity index (χ2n) is 5.83. The highest BCUT2D eigenvalue weighted by Gasteiger charge is 2.47. The van der Waals surface area contributed by atoms with Crippen LogP contribution in [0.5, 0.6) is 0 Å². The van der Waals surface area contributed by atoms with E-state index in [0.717, 1.165) is 5.56 Å². The van der Waals surface area contributed by atoms with Crippen molar-refractivity contribution in [2.75, 3.05) is 25.1 Å². The van der Waals surface area contributed by atoms with E-state index in [-0.39, 0.29) is 24.9 Å². The van der Waals surface area contributed by atoms with Gasteiger partial charge in [-0.2, -0.15) is 0 Å². The second kappa shape index (κ2) is 7.03. The summed E-state index contributed by atoms with van der Waals surface area (Å²) in [5.41, 5.74) is 0.883. The van der Waals surface area contributed by atoms with E-state index in [4.69, 9.17) is 9.47 Å². The maximum atomic E-state index is 13.0. The van der Waals surface area contributed by atoms with Gasteiger partial charge in [0.1, 0.15) is 11.2 Å². The van der Waals surface area contributed by atoms with Crippen LogP contribution < -0.4 is 5.32 Å². The fraction of sp³-hybridized carbons (Fsp3) is 0.263. The van der Waals surface area contributed by atoms with Crippen LogP contribution in [0, 0.1) is 5.82 Å². The lowest BCUT2D eigenvalue weighted by atomic mass is 9.77. The summed E-state index contributed by atoms with van der Waals surface area (Å²) in [7, 11) is 0. The molecule has 1 amide bonds. The van der Waals surface area contributed by atoms with Crippen molar-refractivity contribution in [3.8, 4) is 0 Å². The van der Waals surface area contributed by atoms with Crippen LogP contribution in [0.4, 0.5) is 10.1 Å². The van der Waals surface area contributed by atoms with Crippen LogP contribution in [0.1, 0.15) is 22.8 Å². The molecule has 5 nitrogen and oxygen atoms in total. The molecule has 3 rings (SSSR count). The summed E-state index contributed by atoms with van der Waals surface area (Å²) < 4.78 is 23.2. The first-order chi connectivity index (χ1) is 12.0. The van der Waals surface area contributed by atoms with Crippen LogP contribution in [0.3, 0.4) is 0 Å². The van der Waals surface area contributed by atoms with Gasteiger partial charge in [-0.1, -0.05) is 12.1 Å². The first-order valence-electron chi connectivity index (χ1n) is 7.97. The average Bonchev–Trinajstić information content (AvgIpc) is 2.57. The summed E-state index contributed by atoms with van der Waals surface area (Å²) >= 11 is 0. The zero-order valence-electron chi connectivity index (χ0n) is 13.8. The molecule has 1 N–H and O–H groups in total. The molecule has 1 heterocycles. The zero-order chi connectivity index (χ0) is 17.9. The van der Waals surface area contributed by atoms with Gasteiger partial charge in [0.2, 0.25) is 5.91 Å². The number of anilines is 1. The predicted octanol–water partition coefficient (Wildman–Crippen LogP) is 2.91. The standard InChI is InChI=1S/C19H18FNO4/c1-2-25-17(22)13-3-5-14(6-4-13)19(11-24-12-19)18(23)21-16-9-7-15(20)8-10-16/h3-10H,2,11-12H2,1H3,(H,21,23). The summed E-state index contributed by atoms with van der Waals surface area (Å²) in [5.74, 6) is -0.993. The Kier molecular flexibility index (Phi) is 4.81. The molecule has 25 heavy (non-hydrogen) atoms. The number of benzene rings is 2. The van der Waals surface area contributed by atoms with Gasteiger partial charge in [-0.15, -0.1) is 0 Å². The second-order valence-corrected chi connectivity index (χ2v) is 5.83. The molecular weight excluding hydrogens is 325 g/mol. The highest BCUT2D eigenvalue weighted by Crippen LogP contribution is 2.34. The third kappa shape index (κ3) is 3.39. The Bertz CT molecular complexity index is 767. The van der Waals surface area contributed by atoms with Gasteiger partial charge in [-0.3, -0.25) is 4.79 Å². The van der Waals surface area contributed by atoms with Crippen molar-refractivity contribution in [3.63, 3.8) is 0 Å². The van der Waals surface area contributed by atoms with Crippen molar-refractivity contribution >= 4 is 17.6 Å². The molecule has 0 atom stereocenters. The van der Waals surface area contributed by atoms with Crippen molar-refractivity contribution in [1.82, 2.24) is 0 Å². The van der Waals surface area contributed by atoms with Gasteiger partial charge < -0.3 is 14.8 Å². The highest BCUT2D eigenvalue weighted by atomic mass is 19.1. The summed E-state index contributed by atoms with van der Waals surface area (Å²) in [6, 6.07) is 12.3. The van der Waals surface area contributed by atoms with Crippen molar-refractivity contribution in [1.29, 1.82) is 0 Å². The normalized spacial score (nSPS) is 15.1. The number of carbonyl (C=O) groups excluding carboxylic acids is 2. The van der Waals surface area contributed by atoms with Crippen LogP contribution in [-0.2, 0) is 19.7 Å². The largest absolute Gasteiger partial charge is 0.462 e. The average molecular weight is 343 g/mol. The molecule has 2 aromatic rings. The fourth-order valence-corrected chi connectivity index (χ4v) is 2.66. The van der Waals surface area contributed by atoms with Crippen LogP contribution in [0.15, 0.2) is 48.5 Å². The van der Waals surface area contributed by atoms with E-state index >= 15 is 0 Å². The van der Waals surface area contributed by atoms with Gasteiger partial charge in [0, 0.05) is 5.69 Å². The number of ether oxygens (including phenoxy) is 2. The topological polar surface area (TPSA) is 64.6 Å². The minimum Gasteiger partial charge on any atom is -0.462 e. The van der Waals surface area contributed by atoms with Crippen LogP contribution in [0.25, 0.3) is 0 Å². The van der Waals surface area contributed by atoms with E-state index in [0.29, 0.717) is 17.9 Å². The van der Waals surface area contributed by atoms with Crippen molar-refractivity contribution < 1.29 is 23.5 Å². The number of rotatable bonds is 5. The summed E-state index contributed by atoms with van der Waals surface area (Å²) in [6.45, 7) is 2.54. The Morgan fingerprint density at radius 1 is 1.12 bits per heavy atom. The van der Waals surface area contributed by atoms with Gasteiger partial charge in [-0.05, 0) is 48.9 Å². The fourth-order valence-electron chi connectivity index (χ4n) is 2.66. The van der Waals surface area contributed by atoms with Crippen LogP contribution >= 0.6 is 0 Å². The van der Waals surface area contributed by atoms with Gasteiger partial charge in [0.15, 0.2) is 0 Å². The number of hydrogen-bond donors (Lipinski definition) is 1. The summed E-state index contributed by atoms with van der Waals surface area (Å²) in [6.07, 6.45) is 0. The minimum atomic E-state index is -0.818. The van der Waals surface area contributed by atoms with Crippen molar-refractivity contribution in [2.24, 2.45) is 0 Å². The Hall–Kier alpha value is -2.73. The molecule has 0 aromatic heterocycles. The number of nitrogens with one attached hydrogen (secondary N) is 1. The first-order valence-corrected chi connectivity index (χ1v) is 7.97. The molecule has 1 fully saturated rings. The molecule has 2 aromatic carbocycles. The van der Waals surface area contributed by atoms with Gasteiger partial charge >= 0.3 is 5.97 Å². The molecule has 130 valence electrons. The molecule has 0 radical (unpaired) electrons. The van der Waals surface area contributed by atoms with Gasteiger partial charge in [0.25, 0.3) is 0 Å². The number of amides is 1. The lowest BCUT2D eigenvalue weighted by Crippen LogP contribution is -2.55. The number of halogens is 1. The molecular formula is C19H18FNO4. The third-order valence-corrected chi connectivity index (χ3v) is 4.18. The smallest absolute Gasteiger partial charge is 0.338 e. The molecule has 1 aliphatic rings. The predicted molar refractivity (Wildman–Crippen MR) is 89.9 cm³/mol. The van der Waals surface area contributed by atoms with E-state index < -0.39 is 11.4 Å². The van der Waals surface area contributed by atoms with Crippen molar-refractivity contribution in [3.05, 3.63) is 65.5 Å². The van der Waals surface area contributed by atoms with E-state index in [1.54, 1.807) is 31.2 Å². The SMILES string of the molecule is CCOC(=O)c1ccc(C2(C(=O)Nc3ccc(F)cc3)COC2)cc1. The van der Waals surface area contributed by atoms with E-state index in [2.05, 4.69) is 5.32 Å². The third-order valence-electron chi connectivity index (χ3n) is 4.18. The molecule has 6 heteroatoms. The van der Waals surface area contributed by atoms with Gasteiger partial charge in [0.05, 0.1) is 25.4 Å². The lowest BCUT2D eigenvalue weighted by molar-refractivity contribution is -0.139. The number of carbonyl (C=O) groups is 2. The van der Waals surface area contributed by atoms with Crippen molar-refractivity contribution in [2.45, 2.75) is 12.3 Å². The maximum Gasteiger partial charge on any atom is 0.338 e. The quantitative estimate of drug-likeness (QED) is 0.848. The summed E-state index contributed by atoms with van der Waals surface area (Å²) in [4.78, 5) is 24.5. The van der Waals surface area contributed by atoms with Crippen LogP contribution in [0.2, 0.25) is 0 Å². The number of hydrogen-bond acceptors (Lipinski definition) is 4. The monoisotopic (exact) mass is 343 g/mol. The minimum absolute atomic E-state index is 0.228. The Morgan fingerprint density at radius 2 is 1.76 bits per heavy atom. The molecule has 0 aliphatic carbocycles. The first kappa shape index (κ1) is 17.1. The summed E-state index contributed by atoms with van der Waals surface area (Å²) in [5, 5.41) is 2.79. The lowest BCUT2D eigenvalue weighted by Gasteiger charge is -2.40. The Labute approximate surface area is 144 Å². The molecule has 0 bridgehead atoms. The van der Waals surface area contributed by atoms with Crippen LogP contribution in [-0.4, -0.2) is 31.7 Å². The molecule has 0 spiro atoms. The number of esters is 1. The van der Waals surface area contributed by atoms with Gasteiger partial charge in [-0.25, -0.2) is 9.18 Å².